The predicted octanol–water partition coefficient (Wildman–Crippen LogP) is 4.25. The quantitative estimate of drug-likeness (QED) is 0.898. The topological polar surface area (TPSA) is 50.2 Å². The number of piperidine rings is 1. The van der Waals surface area contributed by atoms with Gasteiger partial charge in [-0.1, -0.05) is 19.1 Å². The number of nitrogens with zero attached hydrogens (tertiary/aromatic N) is 3. The SMILES string of the molecule is CCc1nccn1C1CCCN(C(=O)Nc2ccc(C(F)F)cc2)C1. The van der Waals surface area contributed by atoms with Crippen molar-refractivity contribution in [2.45, 2.75) is 38.7 Å². The van der Waals surface area contributed by atoms with Gasteiger partial charge in [0.2, 0.25) is 0 Å². The Hall–Kier alpha value is -2.44. The van der Waals surface area contributed by atoms with Gasteiger partial charge in [-0.25, -0.2) is 18.6 Å². The van der Waals surface area contributed by atoms with Gasteiger partial charge in [0.1, 0.15) is 5.82 Å². The van der Waals surface area contributed by atoms with E-state index in [1.165, 1.54) is 24.3 Å². The van der Waals surface area contributed by atoms with E-state index in [2.05, 4.69) is 21.8 Å². The van der Waals surface area contributed by atoms with Gasteiger partial charge in [-0.15, -0.1) is 0 Å². The van der Waals surface area contributed by atoms with Crippen molar-refractivity contribution in [1.82, 2.24) is 14.5 Å². The van der Waals surface area contributed by atoms with Crippen LogP contribution in [0.25, 0.3) is 0 Å². The summed E-state index contributed by atoms with van der Waals surface area (Å²) in [6.45, 7) is 3.37. The molecule has 1 fully saturated rings. The molecule has 0 spiro atoms. The van der Waals surface area contributed by atoms with E-state index in [4.69, 9.17) is 0 Å². The zero-order valence-corrected chi connectivity index (χ0v) is 14.2. The number of aromatic nitrogens is 2. The van der Waals surface area contributed by atoms with Crippen LogP contribution in [0.2, 0.25) is 0 Å². The Morgan fingerprint density at radius 3 is 2.80 bits per heavy atom. The number of carbonyl (C=O) groups is 1. The van der Waals surface area contributed by atoms with Crippen molar-refractivity contribution in [3.63, 3.8) is 0 Å². The van der Waals surface area contributed by atoms with E-state index in [9.17, 15) is 13.6 Å². The molecule has 2 amide bonds. The number of amides is 2. The number of likely N-dealkylation sites (tertiary alicyclic amines) is 1. The number of hydrogen-bond donors (Lipinski definition) is 1. The number of urea groups is 1. The molecule has 1 unspecified atom stereocenters. The first-order valence-electron chi connectivity index (χ1n) is 8.54. The molecule has 1 aliphatic heterocycles. The van der Waals surface area contributed by atoms with E-state index in [0.29, 0.717) is 18.8 Å². The van der Waals surface area contributed by atoms with Crippen molar-refractivity contribution < 1.29 is 13.6 Å². The Kier molecular flexibility index (Phi) is 5.31. The number of rotatable bonds is 4. The van der Waals surface area contributed by atoms with Gasteiger partial charge < -0.3 is 14.8 Å². The molecule has 1 aliphatic rings. The lowest BCUT2D eigenvalue weighted by molar-refractivity contribution is 0.151. The Bertz CT molecular complexity index is 714. The molecule has 1 atom stereocenters. The van der Waals surface area contributed by atoms with Crippen molar-refractivity contribution in [3.8, 4) is 0 Å². The minimum atomic E-state index is -2.50. The molecule has 1 saturated heterocycles. The maximum atomic E-state index is 12.6. The monoisotopic (exact) mass is 348 g/mol. The Balaban J connectivity index is 1.64. The molecule has 0 radical (unpaired) electrons. The Morgan fingerprint density at radius 1 is 1.36 bits per heavy atom. The number of nitrogens with one attached hydrogen (secondary N) is 1. The lowest BCUT2D eigenvalue weighted by Crippen LogP contribution is -2.43. The number of aryl methyl sites for hydroxylation is 1. The first-order chi connectivity index (χ1) is 12.1. The van der Waals surface area contributed by atoms with Crippen LogP contribution in [0.5, 0.6) is 0 Å². The fourth-order valence-electron chi connectivity index (χ4n) is 3.23. The molecule has 1 N–H and O–H groups in total. The summed E-state index contributed by atoms with van der Waals surface area (Å²) in [5, 5.41) is 2.79. The highest BCUT2D eigenvalue weighted by Crippen LogP contribution is 2.24. The number of benzene rings is 1. The third-order valence-corrected chi connectivity index (χ3v) is 4.56. The highest BCUT2D eigenvalue weighted by molar-refractivity contribution is 5.89. The maximum absolute atomic E-state index is 12.6. The van der Waals surface area contributed by atoms with Crippen LogP contribution in [-0.2, 0) is 6.42 Å². The van der Waals surface area contributed by atoms with E-state index in [0.717, 1.165) is 25.1 Å². The lowest BCUT2D eigenvalue weighted by Gasteiger charge is -2.34. The molecular weight excluding hydrogens is 326 g/mol. The molecule has 2 aromatic rings. The molecule has 134 valence electrons. The smallest absolute Gasteiger partial charge is 0.321 e. The van der Waals surface area contributed by atoms with E-state index in [1.54, 1.807) is 11.1 Å². The van der Waals surface area contributed by atoms with E-state index in [-0.39, 0.29) is 17.6 Å². The van der Waals surface area contributed by atoms with Gasteiger partial charge in [0.15, 0.2) is 0 Å². The highest BCUT2D eigenvalue weighted by atomic mass is 19.3. The summed E-state index contributed by atoms with van der Waals surface area (Å²) in [6, 6.07) is 5.69. The van der Waals surface area contributed by atoms with Crippen molar-refractivity contribution >= 4 is 11.7 Å². The summed E-state index contributed by atoms with van der Waals surface area (Å²) in [7, 11) is 0. The number of halogens is 2. The average molecular weight is 348 g/mol. The maximum Gasteiger partial charge on any atom is 0.321 e. The van der Waals surface area contributed by atoms with Crippen LogP contribution in [0.1, 0.15) is 43.6 Å². The number of hydrogen-bond acceptors (Lipinski definition) is 2. The van der Waals surface area contributed by atoms with Crippen molar-refractivity contribution in [2.75, 3.05) is 18.4 Å². The van der Waals surface area contributed by atoms with Gasteiger partial charge >= 0.3 is 6.03 Å². The van der Waals surface area contributed by atoms with Crippen molar-refractivity contribution in [1.29, 1.82) is 0 Å². The number of alkyl halides is 2. The molecule has 1 aromatic heterocycles. The molecule has 1 aromatic carbocycles. The molecular formula is C18H22F2N4O. The minimum absolute atomic E-state index is 0.0526. The number of anilines is 1. The third-order valence-electron chi connectivity index (χ3n) is 4.56. The first kappa shape index (κ1) is 17.4. The summed E-state index contributed by atoms with van der Waals surface area (Å²) in [5.41, 5.74) is 0.469. The van der Waals surface area contributed by atoms with Gasteiger partial charge in [-0.05, 0) is 25.0 Å². The van der Waals surface area contributed by atoms with Crippen LogP contribution in [0.15, 0.2) is 36.7 Å². The molecule has 3 rings (SSSR count). The van der Waals surface area contributed by atoms with E-state index >= 15 is 0 Å². The zero-order chi connectivity index (χ0) is 17.8. The Labute approximate surface area is 145 Å². The summed E-state index contributed by atoms with van der Waals surface area (Å²) >= 11 is 0. The molecule has 5 nitrogen and oxygen atoms in total. The molecule has 0 aliphatic carbocycles. The van der Waals surface area contributed by atoms with Crippen LogP contribution >= 0.6 is 0 Å². The van der Waals surface area contributed by atoms with Crippen LogP contribution in [0, 0.1) is 0 Å². The van der Waals surface area contributed by atoms with Gasteiger partial charge in [-0.3, -0.25) is 0 Å². The Morgan fingerprint density at radius 2 is 2.12 bits per heavy atom. The van der Waals surface area contributed by atoms with Crippen LogP contribution in [-0.4, -0.2) is 33.6 Å². The second kappa shape index (κ2) is 7.63. The summed E-state index contributed by atoms with van der Waals surface area (Å²) < 4.78 is 27.3. The highest BCUT2D eigenvalue weighted by Gasteiger charge is 2.25. The van der Waals surface area contributed by atoms with Crippen LogP contribution in [0.3, 0.4) is 0 Å². The average Bonchev–Trinajstić information content (AvgIpc) is 3.11. The predicted molar refractivity (Wildman–Crippen MR) is 91.9 cm³/mol. The van der Waals surface area contributed by atoms with Gasteiger partial charge in [0, 0.05) is 43.2 Å². The summed E-state index contributed by atoms with van der Waals surface area (Å²) in [4.78, 5) is 18.6. The van der Waals surface area contributed by atoms with Crippen LogP contribution in [0.4, 0.5) is 19.3 Å². The first-order valence-corrected chi connectivity index (χ1v) is 8.54. The van der Waals surface area contributed by atoms with E-state index in [1.807, 2.05) is 6.20 Å². The van der Waals surface area contributed by atoms with Gasteiger partial charge in [-0.2, -0.15) is 0 Å². The van der Waals surface area contributed by atoms with Gasteiger partial charge in [0.25, 0.3) is 6.43 Å². The standard InChI is InChI=1S/C18H22F2N4O/c1-2-16-21-9-11-24(16)15-4-3-10-23(12-15)18(25)22-14-7-5-13(6-8-14)17(19)20/h5-9,11,15,17H,2-4,10,12H2,1H3,(H,22,25). The third kappa shape index (κ3) is 3.97. The molecule has 0 saturated carbocycles. The fourth-order valence-corrected chi connectivity index (χ4v) is 3.23. The molecule has 7 heteroatoms. The number of imidazole rings is 1. The minimum Gasteiger partial charge on any atom is -0.330 e. The molecule has 2 heterocycles. The largest absolute Gasteiger partial charge is 0.330 e. The van der Waals surface area contributed by atoms with Crippen molar-refractivity contribution in [2.24, 2.45) is 0 Å². The second-order valence-corrected chi connectivity index (χ2v) is 6.20. The van der Waals surface area contributed by atoms with Crippen LogP contribution < -0.4 is 5.32 Å². The number of carbonyl (C=O) groups excluding carboxylic acids is 1. The van der Waals surface area contributed by atoms with E-state index < -0.39 is 6.43 Å². The second-order valence-electron chi connectivity index (χ2n) is 6.20. The summed E-state index contributed by atoms with van der Waals surface area (Å²) in [6.07, 6.45) is 4.04. The normalized spacial score (nSPS) is 17.8. The lowest BCUT2D eigenvalue weighted by atomic mass is 10.1. The fraction of sp³-hybridized carbons (Fsp3) is 0.444. The molecule has 0 bridgehead atoms. The molecule has 25 heavy (non-hydrogen) atoms. The zero-order valence-electron chi connectivity index (χ0n) is 14.2. The summed E-state index contributed by atoms with van der Waals surface area (Å²) in [5.74, 6) is 1.02. The van der Waals surface area contributed by atoms with Gasteiger partial charge in [0.05, 0.1) is 6.04 Å². The van der Waals surface area contributed by atoms with Crippen molar-refractivity contribution in [3.05, 3.63) is 48.0 Å².